The van der Waals surface area contributed by atoms with E-state index in [1.807, 2.05) is 49.4 Å². The SMILES string of the molecule is Cc1cccc(C(=O)Nc2ccc(CCOc3ccccn3)cc2)c1-c1ccc(C(F)(F)F)cc1. The first-order valence-corrected chi connectivity index (χ1v) is 11.0. The van der Waals surface area contributed by atoms with Crippen molar-refractivity contribution < 1.29 is 22.7 Å². The second-order valence-corrected chi connectivity index (χ2v) is 7.99. The van der Waals surface area contributed by atoms with E-state index in [4.69, 9.17) is 4.74 Å². The predicted molar refractivity (Wildman–Crippen MR) is 129 cm³/mol. The van der Waals surface area contributed by atoms with Crippen molar-refractivity contribution in [2.24, 2.45) is 0 Å². The normalized spacial score (nSPS) is 11.2. The lowest BCUT2D eigenvalue weighted by Gasteiger charge is -2.14. The van der Waals surface area contributed by atoms with Crippen molar-refractivity contribution in [2.45, 2.75) is 19.5 Å². The van der Waals surface area contributed by atoms with Gasteiger partial charge in [0.15, 0.2) is 0 Å². The first-order chi connectivity index (χ1) is 16.8. The molecular formula is C28H23F3N2O2. The van der Waals surface area contributed by atoms with E-state index in [0.29, 0.717) is 41.3 Å². The molecule has 0 saturated carbocycles. The fourth-order valence-corrected chi connectivity index (χ4v) is 3.73. The van der Waals surface area contributed by atoms with Gasteiger partial charge in [-0.3, -0.25) is 4.79 Å². The van der Waals surface area contributed by atoms with Gasteiger partial charge in [-0.1, -0.05) is 42.5 Å². The lowest BCUT2D eigenvalue weighted by atomic mass is 9.94. The van der Waals surface area contributed by atoms with Crippen molar-refractivity contribution in [3.05, 3.63) is 113 Å². The summed E-state index contributed by atoms with van der Waals surface area (Å²) in [6, 6.07) is 23.0. The van der Waals surface area contributed by atoms with Crippen LogP contribution < -0.4 is 10.1 Å². The number of amides is 1. The molecule has 0 spiro atoms. The van der Waals surface area contributed by atoms with Crippen LogP contribution in [0.15, 0.2) is 91.1 Å². The molecule has 0 aliphatic carbocycles. The molecule has 4 aromatic rings. The molecular weight excluding hydrogens is 453 g/mol. The second kappa shape index (κ2) is 10.4. The van der Waals surface area contributed by atoms with Gasteiger partial charge in [-0.05, 0) is 65.6 Å². The number of benzene rings is 3. The highest BCUT2D eigenvalue weighted by Gasteiger charge is 2.30. The number of anilines is 1. The number of rotatable bonds is 7. The number of carbonyl (C=O) groups is 1. The third kappa shape index (κ3) is 6.06. The summed E-state index contributed by atoms with van der Waals surface area (Å²) in [6.07, 6.45) is -2.06. The molecule has 0 radical (unpaired) electrons. The molecule has 1 heterocycles. The summed E-state index contributed by atoms with van der Waals surface area (Å²) in [5, 5.41) is 2.88. The Morgan fingerprint density at radius 2 is 1.66 bits per heavy atom. The molecule has 0 fully saturated rings. The minimum Gasteiger partial charge on any atom is -0.477 e. The van der Waals surface area contributed by atoms with Gasteiger partial charge in [-0.2, -0.15) is 13.2 Å². The van der Waals surface area contributed by atoms with E-state index in [1.165, 1.54) is 12.1 Å². The minimum absolute atomic E-state index is 0.338. The summed E-state index contributed by atoms with van der Waals surface area (Å²) in [4.78, 5) is 17.2. The Labute approximate surface area is 201 Å². The van der Waals surface area contributed by atoms with E-state index in [-0.39, 0.29) is 5.91 Å². The molecule has 35 heavy (non-hydrogen) atoms. The largest absolute Gasteiger partial charge is 0.477 e. The Bertz CT molecular complexity index is 1290. The molecule has 0 atom stereocenters. The number of pyridine rings is 1. The lowest BCUT2D eigenvalue weighted by Crippen LogP contribution is -2.14. The number of halogens is 3. The number of alkyl halides is 3. The van der Waals surface area contributed by atoms with Crippen molar-refractivity contribution in [3.63, 3.8) is 0 Å². The minimum atomic E-state index is -4.42. The van der Waals surface area contributed by atoms with E-state index in [1.54, 1.807) is 24.4 Å². The molecule has 4 nitrogen and oxygen atoms in total. The van der Waals surface area contributed by atoms with E-state index in [9.17, 15) is 18.0 Å². The molecule has 4 rings (SSSR count). The van der Waals surface area contributed by atoms with Gasteiger partial charge in [0, 0.05) is 29.9 Å². The molecule has 3 aromatic carbocycles. The van der Waals surface area contributed by atoms with Gasteiger partial charge >= 0.3 is 6.18 Å². The number of aromatic nitrogens is 1. The zero-order valence-electron chi connectivity index (χ0n) is 19.0. The Balaban J connectivity index is 1.45. The Morgan fingerprint density at radius 1 is 0.914 bits per heavy atom. The average molecular weight is 476 g/mol. The number of hydrogen-bond acceptors (Lipinski definition) is 3. The smallest absolute Gasteiger partial charge is 0.416 e. The predicted octanol–water partition coefficient (Wildman–Crippen LogP) is 6.95. The van der Waals surface area contributed by atoms with Crippen LogP contribution in [-0.4, -0.2) is 17.5 Å². The maximum absolute atomic E-state index is 13.1. The first-order valence-electron chi connectivity index (χ1n) is 11.0. The second-order valence-electron chi connectivity index (χ2n) is 7.99. The molecule has 178 valence electrons. The quantitative estimate of drug-likeness (QED) is 0.314. The number of carbonyl (C=O) groups excluding carboxylic acids is 1. The number of ether oxygens (including phenoxy) is 1. The van der Waals surface area contributed by atoms with E-state index in [2.05, 4.69) is 10.3 Å². The fourth-order valence-electron chi connectivity index (χ4n) is 3.73. The van der Waals surface area contributed by atoms with Crippen molar-refractivity contribution in [1.29, 1.82) is 0 Å². The highest BCUT2D eigenvalue weighted by atomic mass is 19.4. The van der Waals surface area contributed by atoms with Crippen LogP contribution in [0, 0.1) is 6.92 Å². The van der Waals surface area contributed by atoms with Gasteiger partial charge in [0.2, 0.25) is 5.88 Å². The summed E-state index contributed by atoms with van der Waals surface area (Å²) in [6.45, 7) is 2.30. The third-order valence-electron chi connectivity index (χ3n) is 5.51. The van der Waals surface area contributed by atoms with Crippen LogP contribution in [0.1, 0.15) is 27.0 Å². The molecule has 0 saturated heterocycles. The van der Waals surface area contributed by atoms with E-state index in [0.717, 1.165) is 23.3 Å². The highest BCUT2D eigenvalue weighted by Crippen LogP contribution is 2.33. The summed E-state index contributed by atoms with van der Waals surface area (Å²) < 4.78 is 44.5. The molecule has 0 aliphatic rings. The molecule has 1 amide bonds. The summed E-state index contributed by atoms with van der Waals surface area (Å²) in [7, 11) is 0. The van der Waals surface area contributed by atoms with Crippen LogP contribution in [0.4, 0.5) is 18.9 Å². The van der Waals surface area contributed by atoms with Gasteiger partial charge < -0.3 is 10.1 Å². The Kier molecular flexibility index (Phi) is 7.15. The van der Waals surface area contributed by atoms with Crippen LogP contribution in [0.2, 0.25) is 0 Å². The third-order valence-corrected chi connectivity index (χ3v) is 5.51. The summed E-state index contributed by atoms with van der Waals surface area (Å²) in [5.74, 6) is 0.230. The van der Waals surface area contributed by atoms with Crippen LogP contribution in [-0.2, 0) is 12.6 Å². The highest BCUT2D eigenvalue weighted by molar-refractivity contribution is 6.09. The number of nitrogens with zero attached hydrogens (tertiary/aromatic N) is 1. The maximum Gasteiger partial charge on any atom is 0.416 e. The standard InChI is InChI=1S/C28H23F3N2O2/c1-19-5-4-6-24(26(19)21-10-12-22(13-11-21)28(29,30)31)27(34)33-23-14-8-20(9-15-23)16-18-35-25-7-2-3-17-32-25/h2-15,17H,16,18H2,1H3,(H,33,34). The van der Waals surface area contributed by atoms with Crippen molar-refractivity contribution in [3.8, 4) is 17.0 Å². The Morgan fingerprint density at radius 3 is 2.31 bits per heavy atom. The molecule has 0 bridgehead atoms. The van der Waals surface area contributed by atoms with Gasteiger partial charge in [0.25, 0.3) is 5.91 Å². The fraction of sp³-hybridized carbons (Fsp3) is 0.143. The zero-order chi connectivity index (χ0) is 24.8. The average Bonchev–Trinajstić information content (AvgIpc) is 2.85. The van der Waals surface area contributed by atoms with Crippen LogP contribution >= 0.6 is 0 Å². The monoisotopic (exact) mass is 476 g/mol. The van der Waals surface area contributed by atoms with Gasteiger partial charge in [-0.25, -0.2) is 4.98 Å². The number of nitrogens with one attached hydrogen (secondary N) is 1. The molecule has 0 unspecified atom stereocenters. The van der Waals surface area contributed by atoms with Gasteiger partial charge in [0.1, 0.15) is 0 Å². The van der Waals surface area contributed by atoms with Crippen LogP contribution in [0.5, 0.6) is 5.88 Å². The molecule has 7 heteroatoms. The zero-order valence-corrected chi connectivity index (χ0v) is 19.0. The lowest BCUT2D eigenvalue weighted by molar-refractivity contribution is -0.137. The van der Waals surface area contributed by atoms with Crippen LogP contribution in [0.3, 0.4) is 0 Å². The molecule has 0 aliphatic heterocycles. The van der Waals surface area contributed by atoms with Crippen molar-refractivity contribution in [1.82, 2.24) is 4.98 Å². The summed E-state index contributed by atoms with van der Waals surface area (Å²) in [5.41, 5.74) is 3.25. The molecule has 1 N–H and O–H groups in total. The number of hydrogen-bond donors (Lipinski definition) is 1. The van der Waals surface area contributed by atoms with Crippen LogP contribution in [0.25, 0.3) is 11.1 Å². The number of aryl methyl sites for hydroxylation is 1. The molecule has 1 aromatic heterocycles. The topological polar surface area (TPSA) is 51.2 Å². The Hall–Kier alpha value is -4.13. The van der Waals surface area contributed by atoms with Gasteiger partial charge in [-0.15, -0.1) is 0 Å². The first kappa shape index (κ1) is 24.0. The summed E-state index contributed by atoms with van der Waals surface area (Å²) >= 11 is 0. The van der Waals surface area contributed by atoms with E-state index < -0.39 is 11.7 Å². The maximum atomic E-state index is 13.1. The van der Waals surface area contributed by atoms with Crippen molar-refractivity contribution in [2.75, 3.05) is 11.9 Å². The van der Waals surface area contributed by atoms with Crippen molar-refractivity contribution >= 4 is 11.6 Å². The van der Waals surface area contributed by atoms with E-state index >= 15 is 0 Å². The van der Waals surface area contributed by atoms with Gasteiger partial charge in [0.05, 0.1) is 12.2 Å².